The average Bonchev–Trinajstić information content (AvgIpc) is 2.29. The van der Waals surface area contributed by atoms with E-state index in [4.69, 9.17) is 0 Å². The van der Waals surface area contributed by atoms with Crippen LogP contribution in [0.25, 0.3) is 0 Å². The molecule has 0 aliphatic carbocycles. The van der Waals surface area contributed by atoms with Gasteiger partial charge in [-0.2, -0.15) is 0 Å². The van der Waals surface area contributed by atoms with Gasteiger partial charge in [-0.05, 0) is 33.0 Å². The molecule has 0 atom stereocenters. The molecular formula is C12H22N4. The van der Waals surface area contributed by atoms with E-state index < -0.39 is 0 Å². The van der Waals surface area contributed by atoms with Crippen LogP contribution in [0.1, 0.15) is 26.0 Å². The van der Waals surface area contributed by atoms with E-state index in [9.17, 15) is 0 Å². The molecule has 0 unspecified atom stereocenters. The van der Waals surface area contributed by atoms with Crippen LogP contribution in [0.5, 0.6) is 0 Å². The summed E-state index contributed by atoms with van der Waals surface area (Å²) in [7, 11) is 0. The SMILES string of the molecule is CCN(CC)CCCNc1cc(C)ncn1. The molecule has 1 heterocycles. The van der Waals surface area contributed by atoms with Crippen molar-refractivity contribution in [1.29, 1.82) is 0 Å². The summed E-state index contributed by atoms with van der Waals surface area (Å²) in [4.78, 5) is 10.6. The summed E-state index contributed by atoms with van der Waals surface area (Å²) < 4.78 is 0. The van der Waals surface area contributed by atoms with E-state index in [1.165, 1.54) is 0 Å². The third kappa shape index (κ3) is 4.57. The molecule has 0 fully saturated rings. The normalized spacial score (nSPS) is 10.8. The number of nitrogens with one attached hydrogen (secondary N) is 1. The Morgan fingerprint density at radius 1 is 1.25 bits per heavy atom. The molecule has 0 saturated heterocycles. The minimum Gasteiger partial charge on any atom is -0.370 e. The van der Waals surface area contributed by atoms with E-state index in [1.807, 2.05) is 13.0 Å². The number of aromatic nitrogens is 2. The second kappa shape index (κ2) is 7.17. The Labute approximate surface area is 98.1 Å². The molecule has 0 aromatic carbocycles. The van der Waals surface area contributed by atoms with Gasteiger partial charge in [0, 0.05) is 18.3 Å². The number of anilines is 1. The molecule has 0 bridgehead atoms. The van der Waals surface area contributed by atoms with Gasteiger partial charge in [0.05, 0.1) is 0 Å². The summed E-state index contributed by atoms with van der Waals surface area (Å²) in [5.74, 6) is 0.923. The van der Waals surface area contributed by atoms with Crippen LogP contribution >= 0.6 is 0 Å². The van der Waals surface area contributed by atoms with E-state index >= 15 is 0 Å². The standard InChI is InChI=1S/C12H22N4/c1-4-16(5-2)8-6-7-13-12-9-11(3)14-10-15-12/h9-10H,4-8H2,1-3H3,(H,13,14,15). The maximum Gasteiger partial charge on any atom is 0.129 e. The predicted octanol–water partition coefficient (Wildman–Crippen LogP) is 1.93. The zero-order chi connectivity index (χ0) is 11.8. The third-order valence-electron chi connectivity index (χ3n) is 2.66. The fourth-order valence-corrected chi connectivity index (χ4v) is 1.61. The highest BCUT2D eigenvalue weighted by atomic mass is 15.1. The quantitative estimate of drug-likeness (QED) is 0.716. The van der Waals surface area contributed by atoms with Crippen LogP contribution in [-0.2, 0) is 0 Å². The predicted molar refractivity (Wildman–Crippen MR) is 67.7 cm³/mol. The molecule has 0 radical (unpaired) electrons. The van der Waals surface area contributed by atoms with E-state index in [0.29, 0.717) is 0 Å². The van der Waals surface area contributed by atoms with E-state index in [0.717, 1.165) is 44.1 Å². The summed E-state index contributed by atoms with van der Waals surface area (Å²) in [5, 5.41) is 3.31. The molecule has 0 aliphatic heterocycles. The smallest absolute Gasteiger partial charge is 0.129 e. The first-order chi connectivity index (χ1) is 7.76. The van der Waals surface area contributed by atoms with Gasteiger partial charge in [0.25, 0.3) is 0 Å². The minimum absolute atomic E-state index is 0.923. The second-order valence-corrected chi connectivity index (χ2v) is 3.85. The highest BCUT2D eigenvalue weighted by Crippen LogP contribution is 2.02. The molecule has 1 N–H and O–H groups in total. The second-order valence-electron chi connectivity index (χ2n) is 3.85. The molecule has 1 aromatic rings. The average molecular weight is 222 g/mol. The van der Waals surface area contributed by atoms with Crippen LogP contribution in [0.2, 0.25) is 0 Å². The molecule has 1 rings (SSSR count). The molecular weight excluding hydrogens is 200 g/mol. The van der Waals surface area contributed by atoms with Crippen LogP contribution in [0.15, 0.2) is 12.4 Å². The summed E-state index contributed by atoms with van der Waals surface area (Å²) in [5.41, 5.74) is 1.00. The van der Waals surface area contributed by atoms with Gasteiger partial charge in [-0.3, -0.25) is 0 Å². The Morgan fingerprint density at radius 3 is 2.62 bits per heavy atom. The highest BCUT2D eigenvalue weighted by Gasteiger charge is 1.98. The van der Waals surface area contributed by atoms with Crippen molar-refractivity contribution in [2.24, 2.45) is 0 Å². The summed E-state index contributed by atoms with van der Waals surface area (Å²) >= 11 is 0. The van der Waals surface area contributed by atoms with Crippen LogP contribution in [0.3, 0.4) is 0 Å². The molecule has 16 heavy (non-hydrogen) atoms. The lowest BCUT2D eigenvalue weighted by molar-refractivity contribution is 0.303. The lowest BCUT2D eigenvalue weighted by Gasteiger charge is -2.17. The molecule has 0 saturated carbocycles. The van der Waals surface area contributed by atoms with Crippen molar-refractivity contribution in [3.8, 4) is 0 Å². The van der Waals surface area contributed by atoms with Gasteiger partial charge in [0.2, 0.25) is 0 Å². The van der Waals surface area contributed by atoms with Gasteiger partial charge >= 0.3 is 0 Å². The number of aryl methyl sites for hydroxylation is 1. The monoisotopic (exact) mass is 222 g/mol. The first-order valence-electron chi connectivity index (χ1n) is 6.01. The van der Waals surface area contributed by atoms with Crippen LogP contribution in [0.4, 0.5) is 5.82 Å². The highest BCUT2D eigenvalue weighted by molar-refractivity contribution is 5.33. The number of hydrogen-bond donors (Lipinski definition) is 1. The van der Waals surface area contributed by atoms with E-state index in [1.54, 1.807) is 6.33 Å². The maximum absolute atomic E-state index is 4.16. The summed E-state index contributed by atoms with van der Waals surface area (Å²) in [6, 6.07) is 1.97. The molecule has 4 nitrogen and oxygen atoms in total. The molecule has 0 amide bonds. The molecule has 4 heteroatoms. The van der Waals surface area contributed by atoms with Crippen molar-refractivity contribution < 1.29 is 0 Å². The number of hydrogen-bond acceptors (Lipinski definition) is 4. The van der Waals surface area contributed by atoms with Crippen molar-refractivity contribution in [1.82, 2.24) is 14.9 Å². The first-order valence-corrected chi connectivity index (χ1v) is 6.01. The maximum atomic E-state index is 4.16. The molecule has 0 spiro atoms. The zero-order valence-corrected chi connectivity index (χ0v) is 10.5. The molecule has 1 aromatic heterocycles. The van der Waals surface area contributed by atoms with E-state index in [2.05, 4.69) is 34.0 Å². The lowest BCUT2D eigenvalue weighted by Crippen LogP contribution is -2.25. The Balaban J connectivity index is 2.20. The largest absolute Gasteiger partial charge is 0.370 e. The zero-order valence-electron chi connectivity index (χ0n) is 10.5. The van der Waals surface area contributed by atoms with Crippen LogP contribution in [0, 0.1) is 6.92 Å². The van der Waals surface area contributed by atoms with Gasteiger partial charge in [-0.1, -0.05) is 13.8 Å². The topological polar surface area (TPSA) is 41.0 Å². The van der Waals surface area contributed by atoms with Gasteiger partial charge in [-0.25, -0.2) is 9.97 Å². The first kappa shape index (κ1) is 12.9. The van der Waals surface area contributed by atoms with Crippen molar-refractivity contribution in [2.75, 3.05) is 31.5 Å². The molecule has 90 valence electrons. The number of rotatable bonds is 7. The van der Waals surface area contributed by atoms with Crippen molar-refractivity contribution >= 4 is 5.82 Å². The Morgan fingerprint density at radius 2 is 2.00 bits per heavy atom. The Kier molecular flexibility index (Phi) is 5.78. The summed E-state index contributed by atoms with van der Waals surface area (Å²) in [6.45, 7) is 10.7. The van der Waals surface area contributed by atoms with Gasteiger partial charge in [0.1, 0.15) is 12.1 Å². The molecule has 0 aliphatic rings. The van der Waals surface area contributed by atoms with E-state index in [-0.39, 0.29) is 0 Å². The fourth-order valence-electron chi connectivity index (χ4n) is 1.61. The Hall–Kier alpha value is -1.16. The van der Waals surface area contributed by atoms with Gasteiger partial charge in [-0.15, -0.1) is 0 Å². The van der Waals surface area contributed by atoms with Crippen molar-refractivity contribution in [3.05, 3.63) is 18.1 Å². The van der Waals surface area contributed by atoms with Crippen molar-refractivity contribution in [3.63, 3.8) is 0 Å². The van der Waals surface area contributed by atoms with Crippen LogP contribution in [-0.4, -0.2) is 41.0 Å². The van der Waals surface area contributed by atoms with Gasteiger partial charge in [0.15, 0.2) is 0 Å². The van der Waals surface area contributed by atoms with Crippen molar-refractivity contribution in [2.45, 2.75) is 27.2 Å². The fraction of sp³-hybridized carbons (Fsp3) is 0.667. The third-order valence-corrected chi connectivity index (χ3v) is 2.66. The lowest BCUT2D eigenvalue weighted by atomic mass is 10.3. The summed E-state index contributed by atoms with van der Waals surface area (Å²) in [6.07, 6.45) is 2.74. The van der Waals surface area contributed by atoms with Gasteiger partial charge < -0.3 is 10.2 Å². The minimum atomic E-state index is 0.923. The Bertz CT molecular complexity index is 297. The van der Waals surface area contributed by atoms with Crippen LogP contribution < -0.4 is 5.32 Å². The number of nitrogens with zero attached hydrogens (tertiary/aromatic N) is 3.